The van der Waals surface area contributed by atoms with Crippen molar-refractivity contribution in [2.24, 2.45) is 0 Å². The number of nitrogens with zero attached hydrogens (tertiary/aromatic N) is 2. The predicted octanol–water partition coefficient (Wildman–Crippen LogP) is 2.63. The van der Waals surface area contributed by atoms with Crippen LogP contribution in [0.15, 0.2) is 12.1 Å². The molecule has 1 aliphatic heterocycles. The van der Waals surface area contributed by atoms with Crippen LogP contribution in [0.4, 0.5) is 9.80 Å². The second kappa shape index (κ2) is 7.77. The minimum Gasteiger partial charge on any atom is -0.383 e. The molecule has 1 atom stereocenters. The number of carbonyl (C=O) groups is 1. The largest absolute Gasteiger partial charge is 0.383 e. The van der Waals surface area contributed by atoms with E-state index < -0.39 is 0 Å². The lowest BCUT2D eigenvalue weighted by atomic mass is 10.2. The maximum atomic E-state index is 12.4. The predicted molar refractivity (Wildman–Crippen MR) is 87.2 cm³/mol. The first-order valence-corrected chi connectivity index (χ1v) is 8.23. The normalized spacial score (nSPS) is 18.5. The molecule has 0 aliphatic carbocycles. The van der Waals surface area contributed by atoms with E-state index in [2.05, 4.69) is 17.3 Å². The highest BCUT2D eigenvalue weighted by Gasteiger charge is 2.29. The molecule has 21 heavy (non-hydrogen) atoms. The van der Waals surface area contributed by atoms with E-state index in [4.69, 9.17) is 4.74 Å². The molecule has 0 aromatic carbocycles. The van der Waals surface area contributed by atoms with Crippen LogP contribution in [-0.2, 0) is 4.74 Å². The number of urea groups is 1. The third kappa shape index (κ3) is 4.69. The number of anilines is 1. The van der Waals surface area contributed by atoms with Gasteiger partial charge in [-0.25, -0.2) is 4.79 Å². The molecule has 118 valence electrons. The number of ether oxygens (including phenoxy) is 1. The summed E-state index contributed by atoms with van der Waals surface area (Å²) >= 11 is 1.62. The number of hydrogen-bond acceptors (Lipinski definition) is 4. The zero-order valence-electron chi connectivity index (χ0n) is 13.1. The summed E-state index contributed by atoms with van der Waals surface area (Å²) in [5.41, 5.74) is 0. The Hall–Kier alpha value is -1.11. The molecule has 2 heterocycles. The quantitative estimate of drug-likeness (QED) is 0.878. The van der Waals surface area contributed by atoms with Crippen molar-refractivity contribution in [3.63, 3.8) is 0 Å². The third-order valence-corrected chi connectivity index (χ3v) is 4.72. The van der Waals surface area contributed by atoms with E-state index in [0.29, 0.717) is 6.04 Å². The van der Waals surface area contributed by atoms with Gasteiger partial charge >= 0.3 is 6.03 Å². The zero-order chi connectivity index (χ0) is 15.2. The molecule has 0 unspecified atom stereocenters. The number of aryl methyl sites for hydroxylation is 1. The Morgan fingerprint density at radius 3 is 3.05 bits per heavy atom. The van der Waals surface area contributed by atoms with E-state index in [1.54, 1.807) is 18.4 Å². The molecule has 1 N–H and O–H groups in total. The van der Waals surface area contributed by atoms with Crippen LogP contribution < -0.4 is 5.32 Å². The average Bonchev–Trinajstić information content (AvgIpc) is 3.05. The lowest BCUT2D eigenvalue weighted by molar-refractivity contribution is 0.143. The zero-order valence-corrected chi connectivity index (χ0v) is 13.9. The summed E-state index contributed by atoms with van der Waals surface area (Å²) in [7, 11) is 3.79. The number of rotatable bonds is 6. The van der Waals surface area contributed by atoms with Gasteiger partial charge in [0.1, 0.15) is 0 Å². The highest BCUT2D eigenvalue weighted by Crippen LogP contribution is 2.23. The van der Waals surface area contributed by atoms with Crippen molar-refractivity contribution in [3.05, 3.63) is 17.0 Å². The van der Waals surface area contributed by atoms with Gasteiger partial charge in [-0.05, 0) is 38.9 Å². The second-order valence-electron chi connectivity index (χ2n) is 5.58. The van der Waals surface area contributed by atoms with Crippen molar-refractivity contribution in [1.29, 1.82) is 0 Å². The van der Waals surface area contributed by atoms with Gasteiger partial charge in [-0.15, -0.1) is 11.3 Å². The molecule has 1 aliphatic rings. The maximum absolute atomic E-state index is 12.4. The Labute approximate surface area is 130 Å². The van der Waals surface area contributed by atoms with E-state index in [-0.39, 0.29) is 6.03 Å². The van der Waals surface area contributed by atoms with Crippen LogP contribution in [0.25, 0.3) is 0 Å². The van der Waals surface area contributed by atoms with Gasteiger partial charge < -0.3 is 14.5 Å². The van der Waals surface area contributed by atoms with Gasteiger partial charge in [-0.2, -0.15) is 0 Å². The smallest absolute Gasteiger partial charge is 0.322 e. The topological polar surface area (TPSA) is 44.8 Å². The van der Waals surface area contributed by atoms with Gasteiger partial charge in [0.2, 0.25) is 0 Å². The Kier molecular flexibility index (Phi) is 6.02. The molecular formula is C15H25N3O2S. The van der Waals surface area contributed by atoms with E-state index in [0.717, 1.165) is 44.1 Å². The Bertz CT molecular complexity index is 464. The van der Waals surface area contributed by atoms with Gasteiger partial charge in [0.05, 0.1) is 11.6 Å². The van der Waals surface area contributed by atoms with Crippen molar-refractivity contribution < 1.29 is 9.53 Å². The minimum atomic E-state index is 0.0273. The maximum Gasteiger partial charge on any atom is 0.322 e. The fraction of sp³-hybridized carbons (Fsp3) is 0.667. The summed E-state index contributed by atoms with van der Waals surface area (Å²) in [4.78, 5) is 17.8. The number of methoxy groups -OCH3 is 1. The number of amides is 2. The minimum absolute atomic E-state index is 0.0273. The van der Waals surface area contributed by atoms with Crippen LogP contribution >= 0.6 is 11.3 Å². The van der Waals surface area contributed by atoms with Crippen LogP contribution in [-0.4, -0.2) is 62.3 Å². The van der Waals surface area contributed by atoms with Gasteiger partial charge in [0.15, 0.2) is 0 Å². The molecule has 2 rings (SSSR count). The van der Waals surface area contributed by atoms with Gasteiger partial charge in [0.25, 0.3) is 0 Å². The van der Waals surface area contributed by atoms with Crippen LogP contribution in [0, 0.1) is 6.92 Å². The molecule has 0 spiro atoms. The van der Waals surface area contributed by atoms with Crippen molar-refractivity contribution >= 4 is 22.4 Å². The van der Waals surface area contributed by atoms with E-state index in [1.807, 2.05) is 24.0 Å². The van der Waals surface area contributed by atoms with Crippen molar-refractivity contribution in [2.45, 2.75) is 25.8 Å². The summed E-state index contributed by atoms with van der Waals surface area (Å²) in [5.74, 6) is 0. The summed E-state index contributed by atoms with van der Waals surface area (Å²) in [6, 6.07) is 4.32. The second-order valence-corrected chi connectivity index (χ2v) is 6.87. The number of likely N-dealkylation sites (N-methyl/N-ethyl adjacent to an activating group) is 1. The number of nitrogens with one attached hydrogen (secondary N) is 1. The first-order chi connectivity index (χ1) is 10.1. The molecule has 1 fully saturated rings. The SMILES string of the molecule is COCCN(C)C[C@H]1CCCN1C(=O)Nc1ccc(C)s1. The molecule has 2 amide bonds. The summed E-state index contributed by atoms with van der Waals surface area (Å²) < 4.78 is 5.10. The molecule has 6 heteroatoms. The van der Waals surface area contributed by atoms with Gasteiger partial charge in [-0.3, -0.25) is 5.32 Å². The van der Waals surface area contributed by atoms with Crippen LogP contribution in [0.1, 0.15) is 17.7 Å². The molecule has 5 nitrogen and oxygen atoms in total. The molecule has 1 saturated heterocycles. The third-order valence-electron chi connectivity index (χ3n) is 3.81. The van der Waals surface area contributed by atoms with Gasteiger partial charge in [0, 0.05) is 37.7 Å². The molecule has 0 saturated carbocycles. The molecule has 0 radical (unpaired) electrons. The molecule has 0 bridgehead atoms. The van der Waals surface area contributed by atoms with Gasteiger partial charge in [-0.1, -0.05) is 0 Å². The first-order valence-electron chi connectivity index (χ1n) is 7.41. The fourth-order valence-corrected chi connectivity index (χ4v) is 3.43. The van der Waals surface area contributed by atoms with E-state index in [1.165, 1.54) is 4.88 Å². The molecule has 1 aromatic rings. The monoisotopic (exact) mass is 311 g/mol. The summed E-state index contributed by atoms with van der Waals surface area (Å²) in [5, 5.41) is 3.94. The van der Waals surface area contributed by atoms with E-state index in [9.17, 15) is 4.79 Å². The van der Waals surface area contributed by atoms with Crippen molar-refractivity contribution in [1.82, 2.24) is 9.80 Å². The van der Waals surface area contributed by atoms with Crippen molar-refractivity contribution in [3.8, 4) is 0 Å². The molecule has 1 aromatic heterocycles. The Balaban J connectivity index is 1.87. The highest BCUT2D eigenvalue weighted by atomic mass is 32.1. The Morgan fingerprint density at radius 2 is 2.38 bits per heavy atom. The molecular weight excluding hydrogens is 286 g/mol. The van der Waals surface area contributed by atoms with Crippen LogP contribution in [0.2, 0.25) is 0 Å². The lowest BCUT2D eigenvalue weighted by Gasteiger charge is -2.28. The standard InChI is InChI=1S/C15H25N3O2S/c1-12-6-7-14(21-12)16-15(19)18-8-4-5-13(18)11-17(2)9-10-20-3/h6-7,13H,4-5,8-11H2,1-3H3,(H,16,19)/t13-/m1/s1. The average molecular weight is 311 g/mol. The summed E-state index contributed by atoms with van der Waals surface area (Å²) in [6.45, 7) is 5.42. The number of likely N-dealkylation sites (tertiary alicyclic amines) is 1. The van der Waals surface area contributed by atoms with E-state index >= 15 is 0 Å². The van der Waals surface area contributed by atoms with Crippen LogP contribution in [0.5, 0.6) is 0 Å². The fourth-order valence-electron chi connectivity index (χ4n) is 2.67. The number of thiophene rings is 1. The number of hydrogen-bond donors (Lipinski definition) is 1. The van der Waals surface area contributed by atoms with Crippen molar-refractivity contribution in [2.75, 3.05) is 45.7 Å². The number of carbonyl (C=O) groups excluding carboxylic acids is 1. The highest BCUT2D eigenvalue weighted by molar-refractivity contribution is 7.16. The Morgan fingerprint density at radius 1 is 1.57 bits per heavy atom. The first kappa shape index (κ1) is 16.3. The lowest BCUT2D eigenvalue weighted by Crippen LogP contribution is -2.44. The van der Waals surface area contributed by atoms with Crippen LogP contribution in [0.3, 0.4) is 0 Å². The summed E-state index contributed by atoms with van der Waals surface area (Å²) in [6.07, 6.45) is 2.16.